The van der Waals surface area contributed by atoms with Gasteiger partial charge in [0.25, 0.3) is 0 Å². The number of aryl methyl sites for hydroxylation is 2. The monoisotopic (exact) mass is 347 g/mol. The van der Waals surface area contributed by atoms with Crippen molar-refractivity contribution in [2.75, 3.05) is 4.90 Å². The standard InChI is InChI=1S/C21H21N3O2/c1-14-6-5-8-17(12-14)21-23-22-19(26-21)10-11-20(25)24-15(2)13-16-7-3-4-9-18(16)24/h3-9,12,15H,10-11,13H2,1-2H3. The minimum absolute atomic E-state index is 0.0951. The summed E-state index contributed by atoms with van der Waals surface area (Å²) in [6.07, 6.45) is 1.71. The zero-order valence-electron chi connectivity index (χ0n) is 15.0. The van der Waals surface area contributed by atoms with Crippen molar-refractivity contribution in [1.29, 1.82) is 0 Å². The van der Waals surface area contributed by atoms with Gasteiger partial charge in [-0.15, -0.1) is 10.2 Å². The summed E-state index contributed by atoms with van der Waals surface area (Å²) in [5.74, 6) is 1.09. The van der Waals surface area contributed by atoms with E-state index in [1.165, 1.54) is 5.56 Å². The van der Waals surface area contributed by atoms with Crippen molar-refractivity contribution in [2.24, 2.45) is 0 Å². The highest BCUT2D eigenvalue weighted by Crippen LogP contribution is 2.32. The largest absolute Gasteiger partial charge is 0.421 e. The van der Waals surface area contributed by atoms with Crippen LogP contribution in [0.3, 0.4) is 0 Å². The lowest BCUT2D eigenvalue weighted by Gasteiger charge is -2.22. The molecule has 2 aromatic carbocycles. The predicted octanol–water partition coefficient (Wildman–Crippen LogP) is 3.96. The lowest BCUT2D eigenvalue weighted by molar-refractivity contribution is -0.118. The summed E-state index contributed by atoms with van der Waals surface area (Å²) >= 11 is 0. The molecule has 4 rings (SSSR count). The van der Waals surface area contributed by atoms with Gasteiger partial charge in [-0.1, -0.05) is 35.9 Å². The second kappa shape index (κ2) is 6.75. The number of aromatic nitrogens is 2. The topological polar surface area (TPSA) is 59.2 Å². The first-order chi connectivity index (χ1) is 12.6. The summed E-state index contributed by atoms with van der Waals surface area (Å²) in [6.45, 7) is 4.11. The van der Waals surface area contributed by atoms with E-state index in [0.717, 1.165) is 23.2 Å². The molecule has 0 saturated heterocycles. The van der Waals surface area contributed by atoms with Crippen molar-refractivity contribution in [3.05, 3.63) is 65.5 Å². The van der Waals surface area contributed by atoms with E-state index in [-0.39, 0.29) is 11.9 Å². The van der Waals surface area contributed by atoms with Gasteiger partial charge >= 0.3 is 0 Å². The van der Waals surface area contributed by atoms with Crippen LogP contribution in [0.1, 0.15) is 30.4 Å². The molecule has 1 aromatic heterocycles. The van der Waals surface area contributed by atoms with Gasteiger partial charge in [-0.05, 0) is 44.0 Å². The minimum Gasteiger partial charge on any atom is -0.421 e. The van der Waals surface area contributed by atoms with E-state index in [0.29, 0.717) is 24.6 Å². The van der Waals surface area contributed by atoms with Crippen LogP contribution >= 0.6 is 0 Å². The van der Waals surface area contributed by atoms with E-state index in [1.807, 2.05) is 54.3 Å². The van der Waals surface area contributed by atoms with Gasteiger partial charge in [-0.3, -0.25) is 4.79 Å². The molecule has 1 atom stereocenters. The third kappa shape index (κ3) is 3.12. The molecule has 0 saturated carbocycles. The maximum atomic E-state index is 12.7. The lowest BCUT2D eigenvalue weighted by Crippen LogP contribution is -2.35. The summed E-state index contributed by atoms with van der Waals surface area (Å²) in [6, 6.07) is 16.2. The Labute approximate surface area is 152 Å². The van der Waals surface area contributed by atoms with Gasteiger partial charge in [0.15, 0.2) is 0 Å². The van der Waals surface area contributed by atoms with Crippen LogP contribution in [0.2, 0.25) is 0 Å². The van der Waals surface area contributed by atoms with Crippen molar-refractivity contribution in [2.45, 2.75) is 39.2 Å². The zero-order valence-corrected chi connectivity index (χ0v) is 15.0. The number of hydrogen-bond acceptors (Lipinski definition) is 4. The molecule has 26 heavy (non-hydrogen) atoms. The van der Waals surface area contributed by atoms with Crippen molar-refractivity contribution in [3.8, 4) is 11.5 Å². The molecular formula is C21H21N3O2. The van der Waals surface area contributed by atoms with Crippen LogP contribution in [-0.2, 0) is 17.6 Å². The Balaban J connectivity index is 1.44. The fourth-order valence-corrected chi connectivity index (χ4v) is 3.53. The molecular weight excluding hydrogens is 326 g/mol. The van der Waals surface area contributed by atoms with Crippen molar-refractivity contribution in [3.63, 3.8) is 0 Å². The summed E-state index contributed by atoms with van der Waals surface area (Å²) in [4.78, 5) is 14.6. The number of carbonyl (C=O) groups is 1. The predicted molar refractivity (Wildman–Crippen MR) is 99.9 cm³/mol. The van der Waals surface area contributed by atoms with Crippen LogP contribution in [0.5, 0.6) is 0 Å². The Morgan fingerprint density at radius 3 is 2.88 bits per heavy atom. The molecule has 3 aromatic rings. The van der Waals surface area contributed by atoms with Gasteiger partial charge in [0, 0.05) is 30.1 Å². The number of rotatable bonds is 4. The highest BCUT2D eigenvalue weighted by atomic mass is 16.4. The first-order valence-corrected chi connectivity index (χ1v) is 8.91. The van der Waals surface area contributed by atoms with Crippen molar-refractivity contribution in [1.82, 2.24) is 10.2 Å². The van der Waals surface area contributed by atoms with Gasteiger partial charge < -0.3 is 9.32 Å². The van der Waals surface area contributed by atoms with Crippen LogP contribution < -0.4 is 4.90 Å². The highest BCUT2D eigenvalue weighted by Gasteiger charge is 2.30. The van der Waals surface area contributed by atoms with Crippen LogP contribution in [0.4, 0.5) is 5.69 Å². The van der Waals surface area contributed by atoms with Crippen LogP contribution in [0.15, 0.2) is 52.9 Å². The summed E-state index contributed by atoms with van der Waals surface area (Å²) in [7, 11) is 0. The minimum atomic E-state index is 0.0951. The van der Waals surface area contributed by atoms with Gasteiger partial charge in [-0.2, -0.15) is 0 Å². The summed E-state index contributed by atoms with van der Waals surface area (Å²) in [5.41, 5.74) is 4.29. The van der Waals surface area contributed by atoms with E-state index < -0.39 is 0 Å². The second-order valence-corrected chi connectivity index (χ2v) is 6.82. The number of hydrogen-bond donors (Lipinski definition) is 0. The molecule has 0 N–H and O–H groups in total. The number of benzene rings is 2. The average molecular weight is 347 g/mol. The molecule has 1 amide bonds. The number of amides is 1. The smallest absolute Gasteiger partial charge is 0.247 e. The molecule has 2 heterocycles. The fraction of sp³-hybridized carbons (Fsp3) is 0.286. The average Bonchev–Trinajstić information content (AvgIpc) is 3.23. The maximum absolute atomic E-state index is 12.7. The van der Waals surface area contributed by atoms with Gasteiger partial charge in [0.1, 0.15) is 0 Å². The second-order valence-electron chi connectivity index (χ2n) is 6.82. The molecule has 1 aliphatic rings. The highest BCUT2D eigenvalue weighted by molar-refractivity contribution is 5.96. The van der Waals surface area contributed by atoms with E-state index in [2.05, 4.69) is 23.2 Å². The number of anilines is 1. The molecule has 5 nitrogen and oxygen atoms in total. The molecule has 0 fully saturated rings. The molecule has 1 unspecified atom stereocenters. The van der Waals surface area contributed by atoms with Crippen LogP contribution in [0, 0.1) is 6.92 Å². The van der Waals surface area contributed by atoms with Crippen LogP contribution in [-0.4, -0.2) is 22.1 Å². The van der Waals surface area contributed by atoms with E-state index in [4.69, 9.17) is 4.42 Å². The van der Waals surface area contributed by atoms with Gasteiger partial charge in [-0.25, -0.2) is 0 Å². The molecule has 0 bridgehead atoms. The molecule has 0 aliphatic carbocycles. The van der Waals surface area contributed by atoms with E-state index >= 15 is 0 Å². The zero-order chi connectivity index (χ0) is 18.1. The number of fused-ring (bicyclic) bond motifs is 1. The van der Waals surface area contributed by atoms with Gasteiger partial charge in [0.2, 0.25) is 17.7 Å². The lowest BCUT2D eigenvalue weighted by atomic mass is 10.1. The Morgan fingerprint density at radius 2 is 2.04 bits per heavy atom. The normalized spacial score (nSPS) is 15.9. The Bertz CT molecular complexity index is 948. The quantitative estimate of drug-likeness (QED) is 0.717. The third-order valence-corrected chi connectivity index (χ3v) is 4.76. The van der Waals surface area contributed by atoms with Crippen molar-refractivity contribution >= 4 is 11.6 Å². The first-order valence-electron chi connectivity index (χ1n) is 8.91. The summed E-state index contributed by atoms with van der Waals surface area (Å²) < 4.78 is 5.74. The molecule has 132 valence electrons. The number of para-hydroxylation sites is 1. The first kappa shape index (κ1) is 16.5. The van der Waals surface area contributed by atoms with Crippen molar-refractivity contribution < 1.29 is 9.21 Å². The maximum Gasteiger partial charge on any atom is 0.247 e. The summed E-state index contributed by atoms with van der Waals surface area (Å²) in [5, 5.41) is 8.21. The van der Waals surface area contributed by atoms with E-state index in [9.17, 15) is 4.79 Å². The molecule has 0 spiro atoms. The Hall–Kier alpha value is -2.95. The molecule has 0 radical (unpaired) electrons. The molecule has 1 aliphatic heterocycles. The van der Waals surface area contributed by atoms with Gasteiger partial charge in [0.05, 0.1) is 0 Å². The number of carbonyl (C=O) groups excluding carboxylic acids is 1. The third-order valence-electron chi connectivity index (χ3n) is 4.76. The van der Waals surface area contributed by atoms with E-state index in [1.54, 1.807) is 0 Å². The van der Waals surface area contributed by atoms with Crippen LogP contribution in [0.25, 0.3) is 11.5 Å². The Kier molecular flexibility index (Phi) is 4.29. The molecule has 5 heteroatoms. The number of nitrogens with zero attached hydrogens (tertiary/aromatic N) is 3. The fourth-order valence-electron chi connectivity index (χ4n) is 3.53. The Morgan fingerprint density at radius 1 is 1.19 bits per heavy atom. The SMILES string of the molecule is Cc1cccc(-c2nnc(CCC(=O)N3c4ccccc4CC3C)o2)c1.